The molecule has 1 N–H and O–H groups in total. The molecule has 1 aromatic rings. The summed E-state index contributed by atoms with van der Waals surface area (Å²) in [5.41, 5.74) is 2.00. The maximum atomic E-state index is 4.19. The fourth-order valence-electron chi connectivity index (χ4n) is 2.80. The van der Waals surface area contributed by atoms with Crippen molar-refractivity contribution in [1.82, 2.24) is 9.69 Å². The number of rotatable bonds is 1. The van der Waals surface area contributed by atoms with Crippen molar-refractivity contribution in [2.75, 3.05) is 13.1 Å². The van der Waals surface area contributed by atoms with Gasteiger partial charge in [0.05, 0.1) is 4.88 Å². The highest BCUT2D eigenvalue weighted by molar-refractivity contribution is 7.06. The van der Waals surface area contributed by atoms with Gasteiger partial charge in [-0.1, -0.05) is 6.08 Å². The molecule has 15 heavy (non-hydrogen) atoms. The van der Waals surface area contributed by atoms with Crippen molar-refractivity contribution in [2.24, 2.45) is 5.41 Å². The summed E-state index contributed by atoms with van der Waals surface area (Å²) < 4.78 is 4.19. The molecule has 80 valence electrons. The van der Waals surface area contributed by atoms with Crippen LogP contribution in [0.5, 0.6) is 0 Å². The molecule has 1 aliphatic carbocycles. The van der Waals surface area contributed by atoms with Crippen LogP contribution in [0, 0.1) is 5.41 Å². The molecule has 3 rings (SSSR count). The maximum absolute atomic E-state index is 4.19. The van der Waals surface area contributed by atoms with Crippen LogP contribution in [0.1, 0.15) is 30.6 Å². The number of hydrogen-bond acceptors (Lipinski definition) is 3. The SMILES string of the molecule is C1=C(c2ccns2)CCC12CCCNC2. The van der Waals surface area contributed by atoms with Gasteiger partial charge in [-0.3, -0.25) is 0 Å². The Bertz CT molecular complexity index is 361. The molecule has 1 unspecified atom stereocenters. The van der Waals surface area contributed by atoms with Gasteiger partial charge in [-0.15, -0.1) is 0 Å². The molecule has 1 atom stereocenters. The first kappa shape index (κ1) is 9.55. The highest BCUT2D eigenvalue weighted by Gasteiger charge is 2.34. The molecule has 0 bridgehead atoms. The van der Waals surface area contributed by atoms with Crippen molar-refractivity contribution in [3.05, 3.63) is 23.2 Å². The average molecular weight is 220 g/mol. The Morgan fingerprint density at radius 3 is 3.13 bits per heavy atom. The molecule has 1 spiro atoms. The van der Waals surface area contributed by atoms with E-state index in [9.17, 15) is 0 Å². The van der Waals surface area contributed by atoms with E-state index in [1.807, 2.05) is 6.20 Å². The van der Waals surface area contributed by atoms with Gasteiger partial charge in [-0.05, 0) is 55.4 Å². The molecule has 2 heterocycles. The van der Waals surface area contributed by atoms with E-state index in [-0.39, 0.29) is 0 Å². The standard InChI is InChI=1S/C12H16N2S/c1-4-12(9-13-6-1)5-2-10(8-12)11-3-7-14-15-11/h3,7-8,13H,1-2,4-6,9H2. The normalized spacial score (nSPS) is 30.8. The van der Waals surface area contributed by atoms with Crippen LogP contribution in [0.3, 0.4) is 0 Å². The molecule has 0 radical (unpaired) electrons. The minimum atomic E-state index is 0.470. The van der Waals surface area contributed by atoms with Gasteiger partial charge < -0.3 is 5.32 Å². The van der Waals surface area contributed by atoms with Crippen molar-refractivity contribution in [3.63, 3.8) is 0 Å². The Hall–Kier alpha value is -0.670. The predicted octanol–water partition coefficient (Wildman–Crippen LogP) is 2.69. The molecule has 3 heteroatoms. The van der Waals surface area contributed by atoms with Crippen molar-refractivity contribution in [2.45, 2.75) is 25.7 Å². The number of nitrogens with one attached hydrogen (secondary N) is 1. The largest absolute Gasteiger partial charge is 0.316 e. The third-order valence-electron chi connectivity index (χ3n) is 3.63. The number of hydrogen-bond donors (Lipinski definition) is 1. The first-order chi connectivity index (χ1) is 7.38. The number of nitrogens with zero attached hydrogens (tertiary/aromatic N) is 1. The maximum Gasteiger partial charge on any atom is 0.0506 e. The molecule has 2 nitrogen and oxygen atoms in total. The molecule has 1 aliphatic heterocycles. The lowest BCUT2D eigenvalue weighted by molar-refractivity contribution is 0.274. The summed E-state index contributed by atoms with van der Waals surface area (Å²) in [6.45, 7) is 2.38. The lowest BCUT2D eigenvalue weighted by Crippen LogP contribution is -2.37. The summed E-state index contributed by atoms with van der Waals surface area (Å²) >= 11 is 1.63. The Labute approximate surface area is 94.6 Å². The van der Waals surface area contributed by atoms with Gasteiger partial charge in [0.15, 0.2) is 0 Å². The summed E-state index contributed by atoms with van der Waals surface area (Å²) in [7, 11) is 0. The van der Waals surface area contributed by atoms with Crippen LogP contribution in [0.4, 0.5) is 0 Å². The predicted molar refractivity (Wildman–Crippen MR) is 63.9 cm³/mol. The van der Waals surface area contributed by atoms with E-state index in [0.29, 0.717) is 5.41 Å². The van der Waals surface area contributed by atoms with Crippen LogP contribution in [0.25, 0.3) is 5.57 Å². The smallest absolute Gasteiger partial charge is 0.0506 e. The molecule has 1 aromatic heterocycles. The second-order valence-electron chi connectivity index (χ2n) is 4.69. The minimum absolute atomic E-state index is 0.470. The van der Waals surface area contributed by atoms with E-state index in [4.69, 9.17) is 0 Å². The Morgan fingerprint density at radius 2 is 2.40 bits per heavy atom. The monoisotopic (exact) mass is 220 g/mol. The third kappa shape index (κ3) is 1.74. The van der Waals surface area contributed by atoms with Crippen LogP contribution in [0.15, 0.2) is 18.3 Å². The van der Waals surface area contributed by atoms with Gasteiger partial charge in [-0.25, -0.2) is 4.37 Å². The van der Waals surface area contributed by atoms with E-state index < -0.39 is 0 Å². The molecule has 1 saturated heterocycles. The van der Waals surface area contributed by atoms with Gasteiger partial charge in [-0.2, -0.15) is 0 Å². The Morgan fingerprint density at radius 1 is 1.40 bits per heavy atom. The summed E-state index contributed by atoms with van der Waals surface area (Å²) in [6, 6.07) is 2.14. The first-order valence-corrected chi connectivity index (χ1v) is 6.49. The quantitative estimate of drug-likeness (QED) is 0.787. The van der Waals surface area contributed by atoms with Crippen molar-refractivity contribution in [3.8, 4) is 0 Å². The van der Waals surface area contributed by atoms with Crippen LogP contribution in [0.2, 0.25) is 0 Å². The number of aromatic nitrogens is 1. The zero-order valence-corrected chi connectivity index (χ0v) is 9.65. The van der Waals surface area contributed by atoms with Gasteiger partial charge in [0.2, 0.25) is 0 Å². The molecule has 1 fully saturated rings. The topological polar surface area (TPSA) is 24.9 Å². The second-order valence-corrected chi connectivity index (χ2v) is 5.52. The van der Waals surface area contributed by atoms with Crippen LogP contribution >= 0.6 is 11.5 Å². The number of allylic oxidation sites excluding steroid dienone is 1. The highest BCUT2D eigenvalue weighted by atomic mass is 32.1. The molecule has 0 amide bonds. The van der Waals surface area contributed by atoms with Crippen molar-refractivity contribution >= 4 is 17.1 Å². The van der Waals surface area contributed by atoms with Crippen LogP contribution in [-0.4, -0.2) is 17.5 Å². The summed E-state index contributed by atoms with van der Waals surface area (Å²) in [5.74, 6) is 0. The fourth-order valence-corrected chi connectivity index (χ4v) is 3.44. The second kappa shape index (κ2) is 3.72. The van der Waals surface area contributed by atoms with Crippen LogP contribution < -0.4 is 5.32 Å². The van der Waals surface area contributed by atoms with Gasteiger partial charge in [0.25, 0.3) is 0 Å². The van der Waals surface area contributed by atoms with E-state index in [1.54, 1.807) is 11.5 Å². The highest BCUT2D eigenvalue weighted by Crippen LogP contribution is 2.44. The molecular formula is C12H16N2S. The summed E-state index contributed by atoms with van der Waals surface area (Å²) in [6.07, 6.45) is 9.68. The molecule has 0 aromatic carbocycles. The van der Waals surface area contributed by atoms with Crippen molar-refractivity contribution in [1.29, 1.82) is 0 Å². The number of piperidine rings is 1. The fraction of sp³-hybridized carbons (Fsp3) is 0.583. The minimum Gasteiger partial charge on any atom is -0.316 e. The lowest BCUT2D eigenvalue weighted by atomic mass is 9.80. The summed E-state index contributed by atoms with van der Waals surface area (Å²) in [5, 5.41) is 3.53. The third-order valence-corrected chi connectivity index (χ3v) is 4.45. The zero-order valence-electron chi connectivity index (χ0n) is 8.83. The van der Waals surface area contributed by atoms with E-state index in [2.05, 4.69) is 21.8 Å². The molecular weight excluding hydrogens is 204 g/mol. The van der Waals surface area contributed by atoms with E-state index in [1.165, 1.54) is 49.2 Å². The van der Waals surface area contributed by atoms with E-state index in [0.717, 1.165) is 0 Å². The van der Waals surface area contributed by atoms with Crippen molar-refractivity contribution < 1.29 is 0 Å². The van der Waals surface area contributed by atoms with Gasteiger partial charge >= 0.3 is 0 Å². The average Bonchev–Trinajstić information content (AvgIpc) is 2.88. The van der Waals surface area contributed by atoms with Gasteiger partial charge in [0, 0.05) is 18.2 Å². The molecule has 0 saturated carbocycles. The lowest BCUT2D eigenvalue weighted by Gasteiger charge is -2.32. The zero-order chi connectivity index (χ0) is 10.1. The Balaban J connectivity index is 1.85. The first-order valence-electron chi connectivity index (χ1n) is 5.72. The van der Waals surface area contributed by atoms with Gasteiger partial charge in [0.1, 0.15) is 0 Å². The van der Waals surface area contributed by atoms with E-state index >= 15 is 0 Å². The summed E-state index contributed by atoms with van der Waals surface area (Å²) in [4.78, 5) is 1.37. The molecule has 2 aliphatic rings. The van der Waals surface area contributed by atoms with Crippen LogP contribution in [-0.2, 0) is 0 Å². The Kier molecular flexibility index (Phi) is 2.37.